The zero-order chi connectivity index (χ0) is 24.7. The van der Waals surface area contributed by atoms with Gasteiger partial charge in [0.2, 0.25) is 5.91 Å². The lowest BCUT2D eigenvalue weighted by Crippen LogP contribution is -2.46. The maximum atomic E-state index is 13.7. The lowest BCUT2D eigenvalue weighted by Gasteiger charge is -2.32. The van der Waals surface area contributed by atoms with E-state index < -0.39 is 17.9 Å². The number of aromatic hydroxyl groups is 1. The van der Waals surface area contributed by atoms with Crippen LogP contribution in [-0.4, -0.2) is 57.9 Å². The second kappa shape index (κ2) is 11.8. The molecule has 0 unspecified atom stereocenters. The van der Waals surface area contributed by atoms with Gasteiger partial charge in [0, 0.05) is 25.8 Å². The Hall–Kier alpha value is -3.18. The van der Waals surface area contributed by atoms with E-state index in [9.17, 15) is 19.5 Å². The number of phenolic OH excluding ortho intramolecular Hbond substituents is 1. The van der Waals surface area contributed by atoms with Crippen LogP contribution in [0.25, 0.3) is 0 Å². The molecular formula is C23H31N5O5S. The second-order valence-corrected chi connectivity index (χ2v) is 8.94. The molecule has 1 saturated carbocycles. The van der Waals surface area contributed by atoms with Crippen molar-refractivity contribution in [1.29, 1.82) is 0 Å². The third-order valence-electron chi connectivity index (χ3n) is 5.78. The Kier molecular flexibility index (Phi) is 8.83. The van der Waals surface area contributed by atoms with Gasteiger partial charge in [0.25, 0.3) is 11.8 Å². The Morgan fingerprint density at radius 1 is 1.26 bits per heavy atom. The zero-order valence-electron chi connectivity index (χ0n) is 19.2. The van der Waals surface area contributed by atoms with Crippen LogP contribution in [0.4, 0.5) is 5.69 Å². The van der Waals surface area contributed by atoms with Crippen molar-refractivity contribution < 1.29 is 24.2 Å². The molecule has 1 aliphatic rings. The number of rotatable bonds is 11. The van der Waals surface area contributed by atoms with Crippen molar-refractivity contribution in [3.63, 3.8) is 0 Å². The summed E-state index contributed by atoms with van der Waals surface area (Å²) >= 11 is 0.774. The van der Waals surface area contributed by atoms with Crippen LogP contribution in [0.15, 0.2) is 24.3 Å². The van der Waals surface area contributed by atoms with Crippen LogP contribution >= 0.6 is 11.5 Å². The number of primary amides is 1. The van der Waals surface area contributed by atoms with E-state index in [-0.39, 0.29) is 40.5 Å². The molecule has 1 fully saturated rings. The van der Waals surface area contributed by atoms with E-state index in [0.29, 0.717) is 25.2 Å². The number of carbonyl (C=O) groups excluding carboxylic acids is 3. The minimum absolute atomic E-state index is 0.0439. The number of anilines is 1. The van der Waals surface area contributed by atoms with Crippen LogP contribution < -0.4 is 16.8 Å². The monoisotopic (exact) mass is 489 g/mol. The Morgan fingerprint density at radius 2 is 1.94 bits per heavy atom. The van der Waals surface area contributed by atoms with E-state index in [1.807, 2.05) is 6.92 Å². The molecule has 10 nitrogen and oxygen atoms in total. The van der Waals surface area contributed by atoms with Crippen LogP contribution in [0.1, 0.15) is 70.8 Å². The van der Waals surface area contributed by atoms with Gasteiger partial charge in [0.05, 0.1) is 5.69 Å². The Balaban J connectivity index is 1.99. The molecule has 0 radical (unpaired) electrons. The number of hydrogen-bond acceptors (Lipinski definition) is 8. The van der Waals surface area contributed by atoms with E-state index in [2.05, 4.69) is 9.69 Å². The number of benzene rings is 1. The summed E-state index contributed by atoms with van der Waals surface area (Å²) < 4.78 is 9.37. The van der Waals surface area contributed by atoms with Gasteiger partial charge >= 0.3 is 0 Å². The van der Waals surface area contributed by atoms with Crippen molar-refractivity contribution in [3.8, 4) is 5.75 Å². The van der Waals surface area contributed by atoms with E-state index in [1.54, 1.807) is 12.1 Å². The molecule has 1 aliphatic carbocycles. The zero-order valence-corrected chi connectivity index (χ0v) is 20.0. The number of amides is 3. The number of ether oxygens (including phenoxy) is 1. The molecule has 3 amide bonds. The molecule has 34 heavy (non-hydrogen) atoms. The minimum Gasteiger partial charge on any atom is -0.508 e. The predicted molar refractivity (Wildman–Crippen MR) is 128 cm³/mol. The van der Waals surface area contributed by atoms with Gasteiger partial charge in [-0.25, -0.2) is 0 Å². The summed E-state index contributed by atoms with van der Waals surface area (Å²) in [7, 11) is 0. The maximum absolute atomic E-state index is 13.7. The number of nitrogens with one attached hydrogen (secondary N) is 1. The molecule has 1 aromatic carbocycles. The van der Waals surface area contributed by atoms with Crippen molar-refractivity contribution in [1.82, 2.24) is 14.6 Å². The molecule has 1 atom stereocenters. The molecule has 3 rings (SSSR count). The minimum atomic E-state index is -0.978. The summed E-state index contributed by atoms with van der Waals surface area (Å²) in [5.74, 6) is -1.63. The fraction of sp³-hybridized carbons (Fsp3) is 0.478. The molecular weight excluding hydrogens is 458 g/mol. The van der Waals surface area contributed by atoms with Gasteiger partial charge < -0.3 is 31.5 Å². The smallest absolute Gasteiger partial charge is 0.270 e. The Bertz CT molecular complexity index is 1000. The normalized spacial score (nSPS) is 14.6. The first kappa shape index (κ1) is 25.4. The number of aromatic nitrogens is 1. The SMILES string of the molecule is CCOCCCN(C(=O)c1snc(C(N)=O)c1N)[C@H](C(=O)NC1CCCC1)c1ccc(O)cc1. The van der Waals surface area contributed by atoms with Crippen molar-refractivity contribution in [2.45, 2.75) is 51.1 Å². The van der Waals surface area contributed by atoms with Gasteiger partial charge in [-0.2, -0.15) is 4.37 Å². The van der Waals surface area contributed by atoms with Crippen LogP contribution in [0.2, 0.25) is 0 Å². The first-order valence-corrected chi connectivity index (χ1v) is 12.1. The number of phenols is 1. The van der Waals surface area contributed by atoms with Crippen molar-refractivity contribution in [2.24, 2.45) is 5.73 Å². The van der Waals surface area contributed by atoms with Crippen LogP contribution in [0.3, 0.4) is 0 Å². The van der Waals surface area contributed by atoms with Gasteiger partial charge in [-0.1, -0.05) is 25.0 Å². The van der Waals surface area contributed by atoms with Crippen LogP contribution in [0.5, 0.6) is 5.75 Å². The molecule has 1 heterocycles. The fourth-order valence-corrected chi connectivity index (χ4v) is 4.83. The van der Waals surface area contributed by atoms with Crippen molar-refractivity contribution in [2.75, 3.05) is 25.5 Å². The summed E-state index contributed by atoms with van der Waals surface area (Å²) in [6, 6.07) is 5.24. The van der Waals surface area contributed by atoms with Crippen molar-refractivity contribution >= 4 is 34.9 Å². The number of nitrogens with zero attached hydrogens (tertiary/aromatic N) is 2. The lowest BCUT2D eigenvalue weighted by molar-refractivity contribution is -0.126. The van der Waals surface area contributed by atoms with E-state index in [1.165, 1.54) is 17.0 Å². The third-order valence-corrected chi connectivity index (χ3v) is 6.63. The molecule has 2 aromatic rings. The Labute approximate surface area is 202 Å². The molecule has 6 N–H and O–H groups in total. The molecule has 11 heteroatoms. The van der Waals surface area contributed by atoms with E-state index >= 15 is 0 Å². The topological polar surface area (TPSA) is 161 Å². The summed E-state index contributed by atoms with van der Waals surface area (Å²) in [4.78, 5) is 40.3. The molecule has 184 valence electrons. The van der Waals surface area contributed by atoms with Gasteiger partial charge in [0.15, 0.2) is 5.69 Å². The number of hydrogen-bond donors (Lipinski definition) is 4. The van der Waals surface area contributed by atoms with Crippen LogP contribution in [-0.2, 0) is 9.53 Å². The number of carbonyl (C=O) groups is 3. The second-order valence-electron chi connectivity index (χ2n) is 8.17. The first-order valence-electron chi connectivity index (χ1n) is 11.4. The summed E-state index contributed by atoms with van der Waals surface area (Å²) in [5.41, 5.74) is 11.6. The fourth-order valence-electron chi connectivity index (χ4n) is 4.07. The van der Waals surface area contributed by atoms with Crippen LogP contribution in [0, 0.1) is 0 Å². The Morgan fingerprint density at radius 3 is 2.53 bits per heavy atom. The van der Waals surface area contributed by atoms with E-state index in [4.69, 9.17) is 16.2 Å². The molecule has 0 spiro atoms. The van der Waals surface area contributed by atoms with E-state index in [0.717, 1.165) is 37.2 Å². The maximum Gasteiger partial charge on any atom is 0.270 e. The molecule has 0 aliphatic heterocycles. The van der Waals surface area contributed by atoms with Crippen molar-refractivity contribution in [3.05, 3.63) is 40.4 Å². The third kappa shape index (κ3) is 6.03. The average Bonchev–Trinajstić information content (AvgIpc) is 3.46. The standard InChI is InChI=1S/C23H31N5O5S/c1-2-33-13-5-12-28(23(32)20-17(24)18(21(25)30)27-34-20)19(14-8-10-16(29)11-9-14)22(31)26-15-6-3-4-7-15/h8-11,15,19,29H,2-7,12-13,24H2,1H3,(H2,25,30)(H,26,31)/t19-/m0/s1. The molecule has 0 bridgehead atoms. The summed E-state index contributed by atoms with van der Waals surface area (Å²) in [6.07, 6.45) is 4.33. The number of nitrogens with two attached hydrogens (primary N) is 2. The molecule has 1 aromatic heterocycles. The quantitative estimate of drug-likeness (QED) is 0.352. The largest absolute Gasteiger partial charge is 0.508 e. The lowest BCUT2D eigenvalue weighted by atomic mass is 10.0. The first-order chi connectivity index (χ1) is 16.3. The highest BCUT2D eigenvalue weighted by Gasteiger charge is 2.35. The summed E-state index contributed by atoms with van der Waals surface area (Å²) in [6.45, 7) is 3.01. The average molecular weight is 490 g/mol. The highest BCUT2D eigenvalue weighted by Crippen LogP contribution is 2.30. The molecule has 0 saturated heterocycles. The summed E-state index contributed by atoms with van der Waals surface area (Å²) in [5, 5.41) is 12.8. The van der Waals surface area contributed by atoms with Gasteiger partial charge in [-0.05, 0) is 55.4 Å². The highest BCUT2D eigenvalue weighted by molar-refractivity contribution is 7.09. The predicted octanol–water partition coefficient (Wildman–Crippen LogP) is 2.20. The number of nitrogen functional groups attached to an aromatic ring is 1. The highest BCUT2D eigenvalue weighted by atomic mass is 32.1. The van der Waals surface area contributed by atoms with Gasteiger partial charge in [0.1, 0.15) is 16.7 Å². The van der Waals surface area contributed by atoms with Gasteiger partial charge in [-0.15, -0.1) is 0 Å². The van der Waals surface area contributed by atoms with Gasteiger partial charge in [-0.3, -0.25) is 14.4 Å².